The predicted octanol–water partition coefficient (Wildman–Crippen LogP) is 3.69. The minimum atomic E-state index is -0.217. The summed E-state index contributed by atoms with van der Waals surface area (Å²) in [5.41, 5.74) is 3.04. The topological polar surface area (TPSA) is 59.8 Å². The van der Waals surface area contributed by atoms with Gasteiger partial charge >= 0.3 is 0 Å². The van der Waals surface area contributed by atoms with Crippen LogP contribution in [0.5, 0.6) is 0 Å². The van der Waals surface area contributed by atoms with Gasteiger partial charge in [-0.1, -0.05) is 29.8 Å². The second kappa shape index (κ2) is 6.61. The molecular weight excluding hydrogens is 324 g/mol. The summed E-state index contributed by atoms with van der Waals surface area (Å²) >= 11 is 6.16. The molecule has 6 heteroatoms. The number of hydrogen-bond donors (Lipinski definition) is 1. The third-order valence-corrected chi connectivity index (χ3v) is 4.23. The Morgan fingerprint density at radius 2 is 2.08 bits per heavy atom. The average molecular weight is 343 g/mol. The van der Waals surface area contributed by atoms with E-state index in [0.717, 1.165) is 16.8 Å². The van der Waals surface area contributed by atoms with E-state index in [9.17, 15) is 4.79 Å². The number of fused-ring (bicyclic) bond motifs is 1. The number of para-hydroxylation sites is 1. The molecule has 3 aromatic rings. The van der Waals surface area contributed by atoms with Crippen molar-refractivity contribution < 1.29 is 4.79 Å². The first-order valence-corrected chi connectivity index (χ1v) is 8.19. The molecular formula is C18H19ClN4O. The molecule has 2 heterocycles. The smallest absolute Gasteiger partial charge is 0.269 e. The minimum absolute atomic E-state index is 0.0618. The molecule has 0 aliphatic heterocycles. The van der Waals surface area contributed by atoms with Crippen molar-refractivity contribution >= 4 is 28.4 Å². The van der Waals surface area contributed by atoms with Gasteiger partial charge in [-0.05, 0) is 39.0 Å². The number of carbonyl (C=O) groups excluding carboxylic acids is 1. The van der Waals surface area contributed by atoms with Crippen LogP contribution in [0.2, 0.25) is 5.02 Å². The summed E-state index contributed by atoms with van der Waals surface area (Å²) in [6.07, 6.45) is 0. The number of hydrogen-bond acceptors (Lipinski definition) is 3. The van der Waals surface area contributed by atoms with Crippen LogP contribution in [0.25, 0.3) is 10.9 Å². The molecule has 1 N–H and O–H groups in total. The highest BCUT2D eigenvalue weighted by Crippen LogP contribution is 2.21. The van der Waals surface area contributed by atoms with Crippen molar-refractivity contribution in [2.45, 2.75) is 26.8 Å². The third kappa shape index (κ3) is 3.26. The number of benzene rings is 1. The zero-order valence-electron chi connectivity index (χ0n) is 13.9. The maximum atomic E-state index is 12.4. The number of nitrogens with zero attached hydrogens (tertiary/aromatic N) is 3. The molecule has 1 atom stereocenters. The Labute approximate surface area is 145 Å². The van der Waals surface area contributed by atoms with Gasteiger partial charge < -0.3 is 5.32 Å². The van der Waals surface area contributed by atoms with E-state index in [1.165, 1.54) is 0 Å². The molecule has 1 aromatic carbocycles. The van der Waals surface area contributed by atoms with Gasteiger partial charge in [-0.25, -0.2) is 4.98 Å². The molecule has 0 radical (unpaired) electrons. The number of nitrogens with one attached hydrogen (secondary N) is 1. The number of rotatable bonds is 4. The van der Waals surface area contributed by atoms with Gasteiger partial charge in [0.1, 0.15) is 5.69 Å². The molecule has 5 nitrogen and oxygen atoms in total. The molecule has 0 bridgehead atoms. The summed E-state index contributed by atoms with van der Waals surface area (Å²) < 4.78 is 1.92. The lowest BCUT2D eigenvalue weighted by Gasteiger charge is -2.15. The Balaban J connectivity index is 1.73. The highest BCUT2D eigenvalue weighted by molar-refractivity contribution is 6.35. The molecule has 0 unspecified atom stereocenters. The predicted molar refractivity (Wildman–Crippen MR) is 95.5 cm³/mol. The van der Waals surface area contributed by atoms with Crippen molar-refractivity contribution in [3.63, 3.8) is 0 Å². The molecule has 1 amide bonds. The lowest BCUT2D eigenvalue weighted by atomic mass is 10.2. The second-order valence-corrected chi connectivity index (χ2v) is 6.35. The Hall–Kier alpha value is -2.40. The van der Waals surface area contributed by atoms with Gasteiger partial charge in [0, 0.05) is 17.6 Å². The van der Waals surface area contributed by atoms with Crippen LogP contribution in [0.15, 0.2) is 36.4 Å². The van der Waals surface area contributed by atoms with Crippen LogP contribution in [-0.2, 0) is 0 Å². The van der Waals surface area contributed by atoms with E-state index >= 15 is 0 Å². The molecule has 0 fully saturated rings. The number of aryl methyl sites for hydroxylation is 2. The fourth-order valence-electron chi connectivity index (χ4n) is 2.75. The standard InChI is InChI=1S/C18H19ClN4O/c1-11-9-12(2)23(22-11)13(3)10-20-18(24)16-8-7-14-5-4-6-15(19)17(14)21-16/h4-9,13H,10H2,1-3H3,(H,20,24)/t13-/m0/s1. The summed E-state index contributed by atoms with van der Waals surface area (Å²) in [4.78, 5) is 16.8. The van der Waals surface area contributed by atoms with Crippen molar-refractivity contribution in [1.29, 1.82) is 0 Å². The van der Waals surface area contributed by atoms with Crippen molar-refractivity contribution in [2.75, 3.05) is 6.54 Å². The van der Waals surface area contributed by atoms with Crippen LogP contribution in [0, 0.1) is 13.8 Å². The quantitative estimate of drug-likeness (QED) is 0.786. The van der Waals surface area contributed by atoms with Gasteiger partial charge in [0.15, 0.2) is 0 Å². The third-order valence-electron chi connectivity index (χ3n) is 3.92. The highest BCUT2D eigenvalue weighted by Gasteiger charge is 2.13. The van der Waals surface area contributed by atoms with Crippen LogP contribution >= 0.6 is 11.6 Å². The van der Waals surface area contributed by atoms with Gasteiger partial charge in [0.25, 0.3) is 5.91 Å². The van der Waals surface area contributed by atoms with Gasteiger partial charge in [0.2, 0.25) is 0 Å². The monoisotopic (exact) mass is 342 g/mol. The number of halogens is 1. The Bertz CT molecular complexity index is 903. The number of aromatic nitrogens is 3. The Morgan fingerprint density at radius 1 is 1.29 bits per heavy atom. The van der Waals surface area contributed by atoms with E-state index in [2.05, 4.69) is 15.4 Å². The molecule has 3 rings (SSSR count). The fraction of sp³-hybridized carbons (Fsp3) is 0.278. The first-order chi connectivity index (χ1) is 11.5. The number of amides is 1. The van der Waals surface area contributed by atoms with Gasteiger partial charge in [0.05, 0.1) is 22.3 Å². The molecule has 0 aliphatic rings. The van der Waals surface area contributed by atoms with Crippen LogP contribution in [0.4, 0.5) is 0 Å². The summed E-state index contributed by atoms with van der Waals surface area (Å²) in [5.74, 6) is -0.217. The first-order valence-electron chi connectivity index (χ1n) is 7.82. The Morgan fingerprint density at radius 3 is 2.79 bits per heavy atom. The summed E-state index contributed by atoms with van der Waals surface area (Å²) in [7, 11) is 0. The van der Waals surface area contributed by atoms with E-state index in [4.69, 9.17) is 11.6 Å². The van der Waals surface area contributed by atoms with Gasteiger partial charge in [-0.3, -0.25) is 9.48 Å². The van der Waals surface area contributed by atoms with Crippen LogP contribution in [0.1, 0.15) is 34.8 Å². The normalized spacial score (nSPS) is 12.3. The molecule has 0 saturated heterocycles. The van der Waals surface area contributed by atoms with Crippen molar-refractivity contribution in [3.05, 3.63) is 58.5 Å². The van der Waals surface area contributed by atoms with Crippen LogP contribution < -0.4 is 5.32 Å². The highest BCUT2D eigenvalue weighted by atomic mass is 35.5. The lowest BCUT2D eigenvalue weighted by Crippen LogP contribution is -2.30. The largest absolute Gasteiger partial charge is 0.349 e. The van der Waals surface area contributed by atoms with Crippen LogP contribution in [0.3, 0.4) is 0 Å². The minimum Gasteiger partial charge on any atom is -0.349 e. The first kappa shape index (κ1) is 16.5. The molecule has 124 valence electrons. The van der Waals surface area contributed by atoms with E-state index in [0.29, 0.717) is 22.8 Å². The zero-order valence-corrected chi connectivity index (χ0v) is 14.6. The number of carbonyl (C=O) groups is 1. The molecule has 0 spiro atoms. The van der Waals surface area contributed by atoms with E-state index < -0.39 is 0 Å². The average Bonchev–Trinajstić information content (AvgIpc) is 2.91. The maximum Gasteiger partial charge on any atom is 0.269 e. The van der Waals surface area contributed by atoms with Crippen molar-refractivity contribution in [2.24, 2.45) is 0 Å². The molecule has 2 aromatic heterocycles. The van der Waals surface area contributed by atoms with Crippen molar-refractivity contribution in [3.8, 4) is 0 Å². The van der Waals surface area contributed by atoms with E-state index in [1.54, 1.807) is 12.1 Å². The summed E-state index contributed by atoms with van der Waals surface area (Å²) in [5, 5.41) is 8.81. The second-order valence-electron chi connectivity index (χ2n) is 5.94. The van der Waals surface area contributed by atoms with Gasteiger partial charge in [-0.15, -0.1) is 0 Å². The molecule has 24 heavy (non-hydrogen) atoms. The fourth-order valence-corrected chi connectivity index (χ4v) is 2.97. The summed E-state index contributed by atoms with van der Waals surface area (Å²) in [6, 6.07) is 11.2. The van der Waals surface area contributed by atoms with Crippen LogP contribution in [-0.4, -0.2) is 27.2 Å². The number of pyridine rings is 1. The van der Waals surface area contributed by atoms with Crippen molar-refractivity contribution in [1.82, 2.24) is 20.1 Å². The lowest BCUT2D eigenvalue weighted by molar-refractivity contribution is 0.0943. The maximum absolute atomic E-state index is 12.4. The zero-order chi connectivity index (χ0) is 17.3. The Kier molecular flexibility index (Phi) is 4.53. The molecule has 0 saturated carbocycles. The van der Waals surface area contributed by atoms with E-state index in [1.807, 2.05) is 49.7 Å². The van der Waals surface area contributed by atoms with Gasteiger partial charge in [-0.2, -0.15) is 5.10 Å². The summed E-state index contributed by atoms with van der Waals surface area (Å²) in [6.45, 7) is 6.45. The van der Waals surface area contributed by atoms with E-state index in [-0.39, 0.29) is 11.9 Å². The SMILES string of the molecule is Cc1cc(C)n([C@@H](C)CNC(=O)c2ccc3cccc(Cl)c3n2)n1. The molecule has 0 aliphatic carbocycles.